The summed E-state index contributed by atoms with van der Waals surface area (Å²) in [6.45, 7) is 4.09. The van der Waals surface area contributed by atoms with E-state index >= 15 is 0 Å². The average Bonchev–Trinajstić information content (AvgIpc) is 2.96. The van der Waals surface area contributed by atoms with E-state index < -0.39 is 16.3 Å². The number of nitro groups is 1. The highest BCUT2D eigenvalue weighted by atomic mass is 79.9. The molecule has 1 atom stereocenters. The van der Waals surface area contributed by atoms with Gasteiger partial charge >= 0.3 is 0 Å². The second-order valence-electron chi connectivity index (χ2n) is 11.2. The Morgan fingerprint density at radius 1 is 1.16 bits per heavy atom. The summed E-state index contributed by atoms with van der Waals surface area (Å²) in [4.78, 5) is 26.9. The van der Waals surface area contributed by atoms with Crippen LogP contribution in [0.15, 0.2) is 87.8 Å². The molecular formula is C32H28BrClN4O5. The molecule has 5 rings (SSSR count). The van der Waals surface area contributed by atoms with Gasteiger partial charge in [0.15, 0.2) is 5.78 Å². The SMILES string of the molecule is COc1ccc([C@H]2C(C#N)=C(N)N(c3ccc(Cl)cc3[N+](=O)[O-])C3=C2C(=O)CC(C)(C)C3)cc1COc1ccc(Br)cc1. The third-order valence-corrected chi connectivity index (χ3v) is 8.37. The topological polar surface area (TPSA) is 132 Å². The van der Waals surface area contributed by atoms with E-state index in [4.69, 9.17) is 26.8 Å². The molecule has 0 fully saturated rings. The average molecular weight is 664 g/mol. The molecule has 2 N–H and O–H groups in total. The number of carbonyl (C=O) groups excluding carboxylic acids is 1. The largest absolute Gasteiger partial charge is 0.496 e. The first kappa shape index (κ1) is 30.1. The minimum absolute atomic E-state index is 0.0191. The van der Waals surface area contributed by atoms with Crippen molar-refractivity contribution in [3.63, 3.8) is 0 Å². The fraction of sp³-hybridized carbons (Fsp3) is 0.250. The van der Waals surface area contributed by atoms with Crippen molar-refractivity contribution in [2.45, 2.75) is 39.2 Å². The molecule has 0 bridgehead atoms. The molecule has 0 amide bonds. The number of halogens is 2. The zero-order valence-corrected chi connectivity index (χ0v) is 26.0. The quantitative estimate of drug-likeness (QED) is 0.203. The molecule has 0 spiro atoms. The normalized spacial score (nSPS) is 17.8. The maximum Gasteiger partial charge on any atom is 0.294 e. The number of ether oxygens (including phenoxy) is 2. The molecule has 0 aromatic heterocycles. The fourth-order valence-electron chi connectivity index (χ4n) is 5.73. The van der Waals surface area contributed by atoms with Crippen LogP contribution < -0.4 is 20.1 Å². The minimum Gasteiger partial charge on any atom is -0.496 e. The van der Waals surface area contributed by atoms with Crippen LogP contribution >= 0.6 is 27.5 Å². The van der Waals surface area contributed by atoms with Gasteiger partial charge in [-0.2, -0.15) is 5.26 Å². The van der Waals surface area contributed by atoms with E-state index in [2.05, 4.69) is 22.0 Å². The molecule has 1 aliphatic heterocycles. The van der Waals surface area contributed by atoms with Gasteiger partial charge in [-0.15, -0.1) is 0 Å². The summed E-state index contributed by atoms with van der Waals surface area (Å²) < 4.78 is 12.5. The van der Waals surface area contributed by atoms with Gasteiger partial charge in [0.2, 0.25) is 0 Å². The van der Waals surface area contributed by atoms with E-state index in [0.29, 0.717) is 40.3 Å². The molecule has 1 aliphatic carbocycles. The Bertz CT molecular complexity index is 1740. The van der Waals surface area contributed by atoms with Gasteiger partial charge in [-0.25, -0.2) is 0 Å². The Hall–Kier alpha value is -4.33. The lowest BCUT2D eigenvalue weighted by atomic mass is 9.68. The van der Waals surface area contributed by atoms with Gasteiger partial charge in [0, 0.05) is 38.8 Å². The van der Waals surface area contributed by atoms with E-state index in [9.17, 15) is 20.2 Å². The molecule has 43 heavy (non-hydrogen) atoms. The molecule has 3 aromatic rings. The molecule has 9 nitrogen and oxygen atoms in total. The summed E-state index contributed by atoms with van der Waals surface area (Å²) in [6, 6.07) is 19.3. The molecule has 1 heterocycles. The second-order valence-corrected chi connectivity index (χ2v) is 12.5. The number of anilines is 1. The Labute approximate surface area is 262 Å². The van der Waals surface area contributed by atoms with Gasteiger partial charge in [-0.3, -0.25) is 19.8 Å². The van der Waals surface area contributed by atoms with Crippen molar-refractivity contribution >= 4 is 44.7 Å². The van der Waals surface area contributed by atoms with E-state index in [1.807, 2.05) is 44.2 Å². The standard InChI is InChI=1S/C32H28BrClN4O5/c1-32(2)14-26-30(27(39)15-32)29(23(16-35)31(36)37(26)24-10-7-21(34)13-25(24)38(40)41)18-4-11-28(42-3)19(12-18)17-43-22-8-5-20(33)6-9-22/h4-13,29H,14-15,17,36H2,1-3H3/t29-/m0/s1. The lowest BCUT2D eigenvalue weighted by Gasteiger charge is -2.43. The van der Waals surface area contributed by atoms with Crippen molar-refractivity contribution in [2.24, 2.45) is 11.1 Å². The maximum absolute atomic E-state index is 13.9. The van der Waals surface area contributed by atoms with E-state index in [1.54, 1.807) is 19.2 Å². The first-order chi connectivity index (χ1) is 20.4. The van der Waals surface area contributed by atoms with Crippen LogP contribution in [0.4, 0.5) is 11.4 Å². The number of carbonyl (C=O) groups is 1. The van der Waals surface area contributed by atoms with Crippen LogP contribution in [0, 0.1) is 26.9 Å². The van der Waals surface area contributed by atoms with Gasteiger partial charge in [0.1, 0.15) is 29.6 Å². The molecule has 220 valence electrons. The van der Waals surface area contributed by atoms with E-state index in [0.717, 1.165) is 4.47 Å². The highest BCUT2D eigenvalue weighted by Gasteiger charge is 2.45. The monoisotopic (exact) mass is 662 g/mol. The highest BCUT2D eigenvalue weighted by molar-refractivity contribution is 9.10. The molecule has 0 unspecified atom stereocenters. The third kappa shape index (κ3) is 5.83. The van der Waals surface area contributed by atoms with E-state index in [-0.39, 0.29) is 46.6 Å². The number of nitriles is 1. The first-order valence-electron chi connectivity index (χ1n) is 13.4. The number of nitrogens with two attached hydrogens (primary N) is 1. The van der Waals surface area contributed by atoms with Crippen LogP contribution in [0.5, 0.6) is 11.5 Å². The van der Waals surface area contributed by atoms with Gasteiger partial charge in [-0.05, 0) is 65.9 Å². The number of methoxy groups -OCH3 is 1. The Kier molecular flexibility index (Phi) is 8.23. The fourth-order valence-corrected chi connectivity index (χ4v) is 6.16. The first-order valence-corrected chi connectivity index (χ1v) is 14.6. The Balaban J connectivity index is 1.67. The minimum atomic E-state index is -0.788. The van der Waals surface area contributed by atoms with Gasteiger partial charge in [-0.1, -0.05) is 47.4 Å². The molecule has 11 heteroatoms. The van der Waals surface area contributed by atoms with Crippen molar-refractivity contribution in [3.8, 4) is 17.6 Å². The van der Waals surface area contributed by atoms with Crippen molar-refractivity contribution in [2.75, 3.05) is 12.0 Å². The number of Topliss-reactive ketones (excluding diaryl/α,β-unsaturated/α-hetero) is 1. The van der Waals surface area contributed by atoms with Crippen LogP contribution in [0.1, 0.15) is 43.7 Å². The van der Waals surface area contributed by atoms with Gasteiger partial charge < -0.3 is 15.2 Å². The van der Waals surface area contributed by atoms with Crippen LogP contribution in [-0.2, 0) is 11.4 Å². The molecule has 0 saturated heterocycles. The Morgan fingerprint density at radius 2 is 1.88 bits per heavy atom. The second kappa shape index (κ2) is 11.7. The molecule has 2 aliphatic rings. The number of rotatable bonds is 7. The smallest absolute Gasteiger partial charge is 0.294 e. The highest BCUT2D eigenvalue weighted by Crippen LogP contribution is 2.51. The third-order valence-electron chi connectivity index (χ3n) is 7.60. The zero-order valence-electron chi connectivity index (χ0n) is 23.7. The summed E-state index contributed by atoms with van der Waals surface area (Å²) in [5, 5.41) is 22.7. The summed E-state index contributed by atoms with van der Waals surface area (Å²) in [6.07, 6.45) is 0.645. The lowest BCUT2D eigenvalue weighted by Crippen LogP contribution is -2.42. The lowest BCUT2D eigenvalue weighted by molar-refractivity contribution is -0.384. The number of benzene rings is 3. The molecule has 3 aromatic carbocycles. The number of allylic oxidation sites excluding steroid dienone is 3. The zero-order chi connectivity index (χ0) is 31.1. The summed E-state index contributed by atoms with van der Waals surface area (Å²) in [5.41, 5.74) is 8.50. The summed E-state index contributed by atoms with van der Waals surface area (Å²) in [7, 11) is 1.56. The van der Waals surface area contributed by atoms with Crippen molar-refractivity contribution < 1.29 is 19.2 Å². The number of hydrogen-bond donors (Lipinski definition) is 1. The van der Waals surface area contributed by atoms with Crippen molar-refractivity contribution in [1.29, 1.82) is 5.26 Å². The summed E-state index contributed by atoms with van der Waals surface area (Å²) in [5.74, 6) is 0.316. The number of ketones is 1. The molecule has 0 saturated carbocycles. The van der Waals surface area contributed by atoms with Crippen molar-refractivity contribution in [3.05, 3.63) is 114 Å². The van der Waals surface area contributed by atoms with Crippen molar-refractivity contribution in [1.82, 2.24) is 0 Å². The van der Waals surface area contributed by atoms with Crippen LogP contribution in [0.25, 0.3) is 0 Å². The maximum atomic E-state index is 13.9. The van der Waals surface area contributed by atoms with Crippen LogP contribution in [0.3, 0.4) is 0 Å². The molecular weight excluding hydrogens is 636 g/mol. The number of hydrogen-bond acceptors (Lipinski definition) is 8. The van der Waals surface area contributed by atoms with Gasteiger partial charge in [0.25, 0.3) is 5.69 Å². The molecule has 0 radical (unpaired) electrons. The van der Waals surface area contributed by atoms with Crippen LogP contribution in [0.2, 0.25) is 5.02 Å². The Morgan fingerprint density at radius 3 is 2.53 bits per heavy atom. The predicted octanol–water partition coefficient (Wildman–Crippen LogP) is 7.54. The van der Waals surface area contributed by atoms with Gasteiger partial charge in [0.05, 0.1) is 29.6 Å². The summed E-state index contributed by atoms with van der Waals surface area (Å²) >= 11 is 9.52. The van der Waals surface area contributed by atoms with E-state index in [1.165, 1.54) is 23.1 Å². The van der Waals surface area contributed by atoms with Crippen LogP contribution in [-0.4, -0.2) is 17.8 Å². The number of nitrogens with zero attached hydrogens (tertiary/aromatic N) is 3. The number of nitro benzene ring substituents is 1. The predicted molar refractivity (Wildman–Crippen MR) is 167 cm³/mol.